The molecule has 2 nitrogen and oxygen atoms in total. The van der Waals surface area contributed by atoms with E-state index in [-0.39, 0.29) is 11.6 Å². The second kappa shape index (κ2) is 6.62. The van der Waals surface area contributed by atoms with Crippen LogP contribution in [0.4, 0.5) is 5.69 Å². The molecule has 0 aliphatic rings. The molecule has 0 fully saturated rings. The third kappa shape index (κ3) is 4.12. The van der Waals surface area contributed by atoms with Crippen LogP contribution in [0.1, 0.15) is 46.1 Å². The van der Waals surface area contributed by atoms with Gasteiger partial charge in [0, 0.05) is 29.3 Å². The highest BCUT2D eigenvalue weighted by Crippen LogP contribution is 2.29. The quantitative estimate of drug-likeness (QED) is 0.845. The molecule has 1 unspecified atom stereocenters. The first-order chi connectivity index (χ1) is 8.81. The molecule has 1 aromatic rings. The Balaban J connectivity index is 2.93. The molecule has 0 aliphatic carbocycles. The second-order valence-electron chi connectivity index (χ2n) is 5.87. The van der Waals surface area contributed by atoms with E-state index in [0.29, 0.717) is 0 Å². The fourth-order valence-corrected chi connectivity index (χ4v) is 2.18. The number of halogens is 1. The third-order valence-corrected chi connectivity index (χ3v) is 4.56. The predicted octanol–water partition coefficient (Wildman–Crippen LogP) is 4.24. The molecule has 0 radical (unpaired) electrons. The second-order valence-corrected chi connectivity index (χ2v) is 6.28. The summed E-state index contributed by atoms with van der Waals surface area (Å²) >= 11 is 6.39. The number of anilines is 1. The van der Waals surface area contributed by atoms with Gasteiger partial charge in [0.15, 0.2) is 0 Å². The third-order valence-electron chi connectivity index (χ3n) is 4.20. The maximum atomic E-state index is 6.39. The van der Waals surface area contributed by atoms with Crippen LogP contribution in [-0.4, -0.2) is 18.6 Å². The molecular formula is C16H27ClN2. The summed E-state index contributed by atoms with van der Waals surface area (Å²) in [7, 11) is 2.12. The first-order valence-electron chi connectivity index (χ1n) is 7.09. The van der Waals surface area contributed by atoms with Crippen LogP contribution >= 0.6 is 11.6 Å². The number of nitrogens with two attached hydrogens (primary N) is 1. The first-order valence-corrected chi connectivity index (χ1v) is 7.47. The van der Waals surface area contributed by atoms with Gasteiger partial charge in [-0.15, -0.1) is 0 Å². The Morgan fingerprint density at radius 1 is 1.32 bits per heavy atom. The van der Waals surface area contributed by atoms with Crippen LogP contribution in [0.2, 0.25) is 5.02 Å². The summed E-state index contributed by atoms with van der Waals surface area (Å²) in [5.74, 6) is 0. The van der Waals surface area contributed by atoms with Gasteiger partial charge in [0.25, 0.3) is 0 Å². The highest BCUT2D eigenvalue weighted by Gasteiger charge is 2.22. The monoisotopic (exact) mass is 282 g/mol. The Hall–Kier alpha value is -0.730. The van der Waals surface area contributed by atoms with Gasteiger partial charge in [-0.1, -0.05) is 31.5 Å². The van der Waals surface area contributed by atoms with E-state index in [0.717, 1.165) is 35.5 Å². The van der Waals surface area contributed by atoms with Gasteiger partial charge in [0.05, 0.1) is 0 Å². The van der Waals surface area contributed by atoms with Crippen molar-refractivity contribution in [3.8, 4) is 0 Å². The van der Waals surface area contributed by atoms with E-state index in [1.807, 2.05) is 0 Å². The van der Waals surface area contributed by atoms with Gasteiger partial charge in [0.2, 0.25) is 0 Å². The number of rotatable bonds is 6. The lowest BCUT2D eigenvalue weighted by Crippen LogP contribution is -2.40. The van der Waals surface area contributed by atoms with Crippen LogP contribution in [0, 0.1) is 0 Å². The fourth-order valence-electron chi connectivity index (χ4n) is 1.92. The van der Waals surface area contributed by atoms with Crippen LogP contribution in [0.5, 0.6) is 0 Å². The SMILES string of the molecule is CCC(N)Cc1ccc(N(C)C(C)(C)CC)cc1Cl. The highest BCUT2D eigenvalue weighted by atomic mass is 35.5. The summed E-state index contributed by atoms with van der Waals surface area (Å²) in [6.45, 7) is 8.78. The standard InChI is InChI=1S/C16H27ClN2/c1-6-13(18)10-12-8-9-14(11-15(12)17)19(5)16(3,4)7-2/h8-9,11,13H,6-7,10,18H2,1-5H3. The van der Waals surface area contributed by atoms with E-state index in [1.165, 1.54) is 0 Å². The minimum atomic E-state index is 0.130. The Morgan fingerprint density at radius 2 is 1.95 bits per heavy atom. The average Bonchev–Trinajstić information content (AvgIpc) is 2.39. The van der Waals surface area contributed by atoms with Crippen LogP contribution in [-0.2, 0) is 6.42 Å². The van der Waals surface area contributed by atoms with Crippen LogP contribution in [0.15, 0.2) is 18.2 Å². The van der Waals surface area contributed by atoms with Gasteiger partial charge in [0.1, 0.15) is 0 Å². The summed E-state index contributed by atoms with van der Waals surface area (Å²) in [6.07, 6.45) is 2.90. The maximum absolute atomic E-state index is 6.39. The lowest BCUT2D eigenvalue weighted by atomic mass is 9.98. The smallest absolute Gasteiger partial charge is 0.0459 e. The Morgan fingerprint density at radius 3 is 2.42 bits per heavy atom. The number of benzene rings is 1. The van der Waals surface area contributed by atoms with Crippen LogP contribution < -0.4 is 10.6 Å². The molecule has 0 spiro atoms. The summed E-state index contributed by atoms with van der Waals surface area (Å²) < 4.78 is 0. The van der Waals surface area contributed by atoms with Crippen molar-refractivity contribution in [2.24, 2.45) is 5.73 Å². The lowest BCUT2D eigenvalue weighted by molar-refractivity contribution is 0.471. The predicted molar refractivity (Wildman–Crippen MR) is 86.2 cm³/mol. The van der Waals surface area contributed by atoms with Crippen molar-refractivity contribution in [3.63, 3.8) is 0 Å². The van der Waals surface area contributed by atoms with Crippen LogP contribution in [0.25, 0.3) is 0 Å². The summed E-state index contributed by atoms with van der Waals surface area (Å²) in [6, 6.07) is 6.49. The first kappa shape index (κ1) is 16.3. The molecule has 1 rings (SSSR count). The molecule has 19 heavy (non-hydrogen) atoms. The minimum absolute atomic E-state index is 0.130. The van der Waals surface area contributed by atoms with Crippen molar-refractivity contribution < 1.29 is 0 Å². The van der Waals surface area contributed by atoms with E-state index in [1.54, 1.807) is 0 Å². The molecule has 0 aliphatic heterocycles. The molecule has 0 amide bonds. The summed E-state index contributed by atoms with van der Waals surface area (Å²) in [5.41, 5.74) is 8.42. The molecule has 1 aromatic carbocycles. The normalized spacial score (nSPS) is 13.4. The van der Waals surface area contributed by atoms with Crippen molar-refractivity contribution in [2.75, 3.05) is 11.9 Å². The van der Waals surface area contributed by atoms with E-state index in [9.17, 15) is 0 Å². The van der Waals surface area contributed by atoms with E-state index in [4.69, 9.17) is 17.3 Å². The van der Waals surface area contributed by atoms with Crippen molar-refractivity contribution >= 4 is 17.3 Å². The van der Waals surface area contributed by atoms with Gasteiger partial charge in [-0.05, 0) is 50.8 Å². The van der Waals surface area contributed by atoms with Gasteiger partial charge in [-0.3, -0.25) is 0 Å². The maximum Gasteiger partial charge on any atom is 0.0459 e. The van der Waals surface area contributed by atoms with Gasteiger partial charge < -0.3 is 10.6 Å². The Labute approximate surface area is 122 Å². The molecule has 0 heterocycles. The molecule has 0 aromatic heterocycles. The molecule has 2 N–H and O–H groups in total. The number of hydrogen-bond acceptors (Lipinski definition) is 2. The van der Waals surface area contributed by atoms with Crippen molar-refractivity contribution in [3.05, 3.63) is 28.8 Å². The molecule has 0 saturated heterocycles. The van der Waals surface area contributed by atoms with E-state index >= 15 is 0 Å². The van der Waals surface area contributed by atoms with Gasteiger partial charge >= 0.3 is 0 Å². The zero-order valence-electron chi connectivity index (χ0n) is 12.8. The Kier molecular flexibility index (Phi) is 5.69. The fraction of sp³-hybridized carbons (Fsp3) is 0.625. The van der Waals surface area contributed by atoms with Crippen molar-refractivity contribution in [1.29, 1.82) is 0 Å². The molecule has 1 atom stereocenters. The number of nitrogens with zero attached hydrogens (tertiary/aromatic N) is 1. The molecular weight excluding hydrogens is 256 g/mol. The topological polar surface area (TPSA) is 29.3 Å². The lowest BCUT2D eigenvalue weighted by Gasteiger charge is -2.37. The van der Waals surface area contributed by atoms with Gasteiger partial charge in [-0.25, -0.2) is 0 Å². The zero-order chi connectivity index (χ0) is 14.6. The Bertz CT molecular complexity index is 415. The van der Waals surface area contributed by atoms with E-state index < -0.39 is 0 Å². The number of hydrogen-bond donors (Lipinski definition) is 1. The average molecular weight is 283 g/mol. The molecule has 0 saturated carbocycles. The van der Waals surface area contributed by atoms with Gasteiger partial charge in [-0.2, -0.15) is 0 Å². The van der Waals surface area contributed by atoms with Crippen molar-refractivity contribution in [2.45, 2.75) is 58.5 Å². The zero-order valence-corrected chi connectivity index (χ0v) is 13.6. The largest absolute Gasteiger partial charge is 0.369 e. The summed E-state index contributed by atoms with van der Waals surface area (Å²) in [4.78, 5) is 2.28. The summed E-state index contributed by atoms with van der Waals surface area (Å²) in [5, 5.41) is 0.820. The molecule has 3 heteroatoms. The highest BCUT2D eigenvalue weighted by molar-refractivity contribution is 6.31. The van der Waals surface area contributed by atoms with E-state index in [2.05, 4.69) is 57.8 Å². The minimum Gasteiger partial charge on any atom is -0.369 e. The molecule has 0 bridgehead atoms. The van der Waals surface area contributed by atoms with Crippen LogP contribution in [0.3, 0.4) is 0 Å². The van der Waals surface area contributed by atoms with Crippen molar-refractivity contribution in [1.82, 2.24) is 0 Å². The molecule has 108 valence electrons.